The molecule has 0 saturated carbocycles. The van der Waals surface area contributed by atoms with Gasteiger partial charge in [0.05, 0.1) is 17.4 Å². The van der Waals surface area contributed by atoms with Gasteiger partial charge in [-0.05, 0) is 24.3 Å². The van der Waals surface area contributed by atoms with E-state index in [2.05, 4.69) is 20.6 Å². The van der Waals surface area contributed by atoms with E-state index < -0.39 is 11.6 Å². The van der Waals surface area contributed by atoms with E-state index in [9.17, 15) is 9.18 Å². The van der Waals surface area contributed by atoms with Crippen LogP contribution >= 0.6 is 11.3 Å². The van der Waals surface area contributed by atoms with E-state index in [4.69, 9.17) is 0 Å². The number of hydrogen-bond donors (Lipinski definition) is 2. The van der Waals surface area contributed by atoms with Crippen molar-refractivity contribution in [3.05, 3.63) is 65.0 Å². The summed E-state index contributed by atoms with van der Waals surface area (Å²) < 4.78 is 13.8. The second-order valence-electron chi connectivity index (χ2n) is 4.62. The monoisotopic (exact) mass is 328 g/mol. The minimum absolute atomic E-state index is 0.0283. The Morgan fingerprint density at radius 2 is 2.04 bits per heavy atom. The molecule has 0 saturated heterocycles. The lowest BCUT2D eigenvalue weighted by molar-refractivity contribution is 0.103. The molecule has 116 valence electrons. The Morgan fingerprint density at radius 3 is 2.74 bits per heavy atom. The molecule has 0 aliphatic rings. The Morgan fingerprint density at radius 1 is 1.22 bits per heavy atom. The lowest BCUT2D eigenvalue weighted by Crippen LogP contribution is -2.05. The summed E-state index contributed by atoms with van der Waals surface area (Å²) in [6, 6.07) is 9.54. The Bertz CT molecular complexity index is 835. The third-order valence-electron chi connectivity index (χ3n) is 3.10. The summed E-state index contributed by atoms with van der Waals surface area (Å²) in [5.41, 5.74) is 0.786. The largest absolute Gasteiger partial charge is 0.372 e. The number of rotatable bonds is 5. The fraction of sp³-hybridized carbons (Fsp3) is 0.0625. The van der Waals surface area contributed by atoms with E-state index in [1.54, 1.807) is 37.6 Å². The molecule has 5 nitrogen and oxygen atoms in total. The van der Waals surface area contributed by atoms with Crippen LogP contribution < -0.4 is 10.6 Å². The van der Waals surface area contributed by atoms with E-state index in [0.717, 1.165) is 17.0 Å². The highest BCUT2D eigenvalue weighted by molar-refractivity contribution is 7.18. The number of nitrogens with one attached hydrogen (secondary N) is 2. The molecule has 23 heavy (non-hydrogen) atoms. The van der Waals surface area contributed by atoms with E-state index in [-0.39, 0.29) is 5.56 Å². The molecule has 3 aromatic rings. The van der Waals surface area contributed by atoms with Crippen LogP contribution in [-0.2, 0) is 0 Å². The van der Waals surface area contributed by atoms with Crippen molar-refractivity contribution in [2.45, 2.75) is 0 Å². The summed E-state index contributed by atoms with van der Waals surface area (Å²) in [4.78, 5) is 21.2. The average Bonchev–Trinajstić information content (AvgIpc) is 2.98. The standard InChI is InChI=1S/C16H13FN4OS/c1-18-15-14(13(22)11-6-2-3-7-12(11)17)23-16(21-15)20-10-5-4-8-19-9-10/h2-9,18H,1H3,(H,20,21). The summed E-state index contributed by atoms with van der Waals surface area (Å²) in [6.45, 7) is 0. The first-order valence-electron chi connectivity index (χ1n) is 6.84. The third kappa shape index (κ3) is 3.19. The Kier molecular flexibility index (Phi) is 4.29. The number of halogens is 1. The molecule has 0 atom stereocenters. The van der Waals surface area contributed by atoms with Gasteiger partial charge in [0.15, 0.2) is 10.9 Å². The van der Waals surface area contributed by atoms with Gasteiger partial charge in [0.25, 0.3) is 0 Å². The van der Waals surface area contributed by atoms with Crippen molar-refractivity contribution < 1.29 is 9.18 Å². The van der Waals surface area contributed by atoms with Crippen LogP contribution in [0, 0.1) is 5.82 Å². The highest BCUT2D eigenvalue weighted by Crippen LogP contribution is 2.31. The van der Waals surface area contributed by atoms with Crippen molar-refractivity contribution >= 4 is 33.8 Å². The van der Waals surface area contributed by atoms with E-state index in [1.807, 2.05) is 6.07 Å². The number of nitrogens with zero attached hydrogens (tertiary/aromatic N) is 2. The first-order chi connectivity index (χ1) is 11.2. The molecule has 2 N–H and O–H groups in total. The molecular weight excluding hydrogens is 315 g/mol. The molecule has 0 amide bonds. The van der Waals surface area contributed by atoms with Gasteiger partial charge in [-0.1, -0.05) is 23.5 Å². The van der Waals surface area contributed by atoms with Crippen molar-refractivity contribution in [2.24, 2.45) is 0 Å². The number of hydrogen-bond acceptors (Lipinski definition) is 6. The molecule has 3 rings (SSSR count). The quantitative estimate of drug-likeness (QED) is 0.699. The topological polar surface area (TPSA) is 66.9 Å². The summed E-state index contributed by atoms with van der Waals surface area (Å²) in [5.74, 6) is -0.534. The molecule has 0 aliphatic heterocycles. The summed E-state index contributed by atoms with van der Waals surface area (Å²) in [7, 11) is 1.67. The fourth-order valence-corrected chi connectivity index (χ4v) is 2.97. The predicted molar refractivity (Wildman–Crippen MR) is 89.0 cm³/mol. The third-order valence-corrected chi connectivity index (χ3v) is 4.07. The zero-order valence-corrected chi connectivity index (χ0v) is 13.0. The SMILES string of the molecule is CNc1nc(Nc2cccnc2)sc1C(=O)c1ccccc1F. The zero-order valence-electron chi connectivity index (χ0n) is 12.2. The van der Waals surface area contributed by atoms with Gasteiger partial charge in [-0.3, -0.25) is 9.78 Å². The van der Waals surface area contributed by atoms with Crippen molar-refractivity contribution in [3.63, 3.8) is 0 Å². The minimum atomic E-state index is -0.547. The molecule has 7 heteroatoms. The molecule has 0 aliphatic carbocycles. The van der Waals surface area contributed by atoms with Crippen molar-refractivity contribution in [1.29, 1.82) is 0 Å². The maximum Gasteiger partial charge on any atom is 0.209 e. The normalized spacial score (nSPS) is 10.3. The maximum absolute atomic E-state index is 13.8. The molecule has 0 radical (unpaired) electrons. The van der Waals surface area contributed by atoms with Crippen molar-refractivity contribution in [3.8, 4) is 0 Å². The van der Waals surface area contributed by atoms with Crippen LogP contribution in [0.3, 0.4) is 0 Å². The Labute approximate surface area is 136 Å². The van der Waals surface area contributed by atoms with Gasteiger partial charge >= 0.3 is 0 Å². The molecule has 1 aromatic carbocycles. The second kappa shape index (κ2) is 6.53. The molecule has 0 fully saturated rings. The highest BCUT2D eigenvalue weighted by atomic mass is 32.1. The van der Waals surface area contributed by atoms with Gasteiger partial charge in [0, 0.05) is 13.2 Å². The van der Waals surface area contributed by atoms with Crippen molar-refractivity contribution in [1.82, 2.24) is 9.97 Å². The lowest BCUT2D eigenvalue weighted by Gasteiger charge is -2.01. The summed E-state index contributed by atoms with van der Waals surface area (Å²) in [5, 5.41) is 6.48. The zero-order chi connectivity index (χ0) is 16.2. The smallest absolute Gasteiger partial charge is 0.209 e. The maximum atomic E-state index is 13.8. The summed E-state index contributed by atoms with van der Waals surface area (Å²) >= 11 is 1.16. The number of carbonyl (C=O) groups excluding carboxylic acids is 1. The molecule has 0 unspecified atom stereocenters. The average molecular weight is 328 g/mol. The van der Waals surface area contributed by atoms with Crippen LogP contribution in [0.2, 0.25) is 0 Å². The molecule has 2 heterocycles. The predicted octanol–water partition coefficient (Wildman–Crippen LogP) is 3.69. The lowest BCUT2D eigenvalue weighted by atomic mass is 10.1. The van der Waals surface area contributed by atoms with Gasteiger partial charge in [-0.25, -0.2) is 9.37 Å². The number of anilines is 3. The highest BCUT2D eigenvalue weighted by Gasteiger charge is 2.21. The minimum Gasteiger partial charge on any atom is -0.372 e. The van der Waals surface area contributed by atoms with Crippen LogP contribution in [-0.4, -0.2) is 22.8 Å². The number of carbonyl (C=O) groups is 1. The number of thiazole rings is 1. The Hall–Kier alpha value is -2.80. The molecule has 2 aromatic heterocycles. The molecular formula is C16H13FN4OS. The first-order valence-corrected chi connectivity index (χ1v) is 7.65. The van der Waals surface area contributed by atoms with Crippen LogP contribution in [0.4, 0.5) is 21.0 Å². The number of ketones is 1. The van der Waals surface area contributed by atoms with Crippen LogP contribution in [0.1, 0.15) is 15.2 Å². The van der Waals surface area contributed by atoms with Crippen LogP contribution in [0.25, 0.3) is 0 Å². The number of benzene rings is 1. The molecule has 0 bridgehead atoms. The van der Waals surface area contributed by atoms with Crippen LogP contribution in [0.5, 0.6) is 0 Å². The van der Waals surface area contributed by atoms with Gasteiger partial charge in [0.1, 0.15) is 10.7 Å². The van der Waals surface area contributed by atoms with E-state index >= 15 is 0 Å². The number of pyridine rings is 1. The van der Waals surface area contributed by atoms with Crippen molar-refractivity contribution in [2.75, 3.05) is 17.7 Å². The number of aromatic nitrogens is 2. The summed E-state index contributed by atoms with van der Waals surface area (Å²) in [6.07, 6.45) is 3.32. The first kappa shape index (κ1) is 15.1. The van der Waals surface area contributed by atoms with Crippen LogP contribution in [0.15, 0.2) is 48.8 Å². The Balaban J connectivity index is 1.93. The van der Waals surface area contributed by atoms with Gasteiger partial charge in [-0.2, -0.15) is 0 Å². The van der Waals surface area contributed by atoms with Gasteiger partial charge < -0.3 is 10.6 Å². The molecule has 0 spiro atoms. The van der Waals surface area contributed by atoms with Gasteiger partial charge in [-0.15, -0.1) is 0 Å². The fourth-order valence-electron chi connectivity index (χ4n) is 2.02. The van der Waals surface area contributed by atoms with Gasteiger partial charge in [0.2, 0.25) is 5.78 Å². The van der Waals surface area contributed by atoms with E-state index in [0.29, 0.717) is 15.8 Å². The second-order valence-corrected chi connectivity index (χ2v) is 5.62. The van der Waals surface area contributed by atoms with E-state index in [1.165, 1.54) is 12.1 Å².